The van der Waals surface area contributed by atoms with Gasteiger partial charge >= 0.3 is 5.97 Å². The molecule has 2 aromatic rings. The second kappa shape index (κ2) is 7.34. The Morgan fingerprint density at radius 1 is 1.00 bits per heavy atom. The Hall–Kier alpha value is -2.29. The minimum absolute atomic E-state index is 0.0640. The normalized spacial score (nSPS) is 11.7. The van der Waals surface area contributed by atoms with Crippen molar-refractivity contribution in [3.8, 4) is 5.75 Å². The third kappa shape index (κ3) is 4.43. The molecule has 2 aromatic carbocycles. The largest absolute Gasteiger partial charge is 0.482 e. The SMILES string of the molecule is C[C@H](COC(=O)COc1ccccc1)c1ccccc1. The van der Waals surface area contributed by atoms with Crippen molar-refractivity contribution in [1.82, 2.24) is 0 Å². The van der Waals surface area contributed by atoms with Crippen LogP contribution in [0.4, 0.5) is 0 Å². The highest BCUT2D eigenvalue weighted by atomic mass is 16.6. The van der Waals surface area contributed by atoms with Gasteiger partial charge in [0.1, 0.15) is 5.75 Å². The van der Waals surface area contributed by atoms with Crippen LogP contribution in [0.3, 0.4) is 0 Å². The third-order valence-electron chi connectivity index (χ3n) is 2.96. The van der Waals surface area contributed by atoms with Crippen molar-refractivity contribution in [3.05, 3.63) is 66.2 Å². The molecule has 20 heavy (non-hydrogen) atoms. The Balaban J connectivity index is 1.73. The zero-order chi connectivity index (χ0) is 14.2. The molecular weight excluding hydrogens is 252 g/mol. The van der Waals surface area contributed by atoms with Gasteiger partial charge in [-0.1, -0.05) is 55.5 Å². The highest BCUT2D eigenvalue weighted by Gasteiger charge is 2.09. The minimum atomic E-state index is -0.350. The van der Waals surface area contributed by atoms with E-state index in [0.717, 1.165) is 5.56 Å². The van der Waals surface area contributed by atoms with Crippen molar-refractivity contribution in [2.75, 3.05) is 13.2 Å². The lowest BCUT2D eigenvalue weighted by molar-refractivity contribution is -0.146. The summed E-state index contributed by atoms with van der Waals surface area (Å²) in [5.41, 5.74) is 1.16. The van der Waals surface area contributed by atoms with Crippen LogP contribution >= 0.6 is 0 Å². The Kier molecular flexibility index (Phi) is 5.18. The topological polar surface area (TPSA) is 35.5 Å². The van der Waals surface area contributed by atoms with Crippen LogP contribution in [-0.2, 0) is 9.53 Å². The maximum atomic E-state index is 11.6. The Bertz CT molecular complexity index is 522. The van der Waals surface area contributed by atoms with Gasteiger partial charge in [-0.05, 0) is 17.7 Å². The van der Waals surface area contributed by atoms with Crippen molar-refractivity contribution < 1.29 is 14.3 Å². The number of para-hydroxylation sites is 1. The van der Waals surface area contributed by atoms with E-state index in [9.17, 15) is 4.79 Å². The van der Waals surface area contributed by atoms with E-state index >= 15 is 0 Å². The Morgan fingerprint density at radius 3 is 2.25 bits per heavy atom. The summed E-state index contributed by atoms with van der Waals surface area (Å²) in [6, 6.07) is 19.2. The summed E-state index contributed by atoms with van der Waals surface area (Å²) in [4.78, 5) is 11.6. The average molecular weight is 270 g/mol. The molecule has 0 N–H and O–H groups in total. The van der Waals surface area contributed by atoms with Crippen LogP contribution in [0.2, 0.25) is 0 Å². The first-order chi connectivity index (χ1) is 9.75. The van der Waals surface area contributed by atoms with Gasteiger partial charge in [0.25, 0.3) is 0 Å². The fourth-order valence-electron chi connectivity index (χ4n) is 1.80. The number of carbonyl (C=O) groups excluding carboxylic acids is 1. The summed E-state index contributed by atoms with van der Waals surface area (Å²) in [5, 5.41) is 0. The molecule has 0 heterocycles. The van der Waals surface area contributed by atoms with E-state index in [0.29, 0.717) is 12.4 Å². The van der Waals surface area contributed by atoms with Gasteiger partial charge in [-0.25, -0.2) is 4.79 Å². The van der Waals surface area contributed by atoms with Gasteiger partial charge in [0.05, 0.1) is 6.61 Å². The molecule has 0 amide bonds. The van der Waals surface area contributed by atoms with Gasteiger partial charge in [0.15, 0.2) is 6.61 Å². The maximum absolute atomic E-state index is 11.6. The molecule has 0 aromatic heterocycles. The van der Waals surface area contributed by atoms with E-state index in [2.05, 4.69) is 0 Å². The van der Waals surface area contributed by atoms with Crippen LogP contribution in [0.15, 0.2) is 60.7 Å². The van der Waals surface area contributed by atoms with E-state index in [1.165, 1.54) is 0 Å². The standard InChI is InChI=1S/C17H18O3/c1-14(15-8-4-2-5-9-15)12-20-17(18)13-19-16-10-6-3-7-11-16/h2-11,14H,12-13H2,1H3/t14-/m1/s1. The molecule has 0 aliphatic carbocycles. The monoisotopic (exact) mass is 270 g/mol. The second-order valence-corrected chi connectivity index (χ2v) is 4.60. The molecule has 0 bridgehead atoms. The molecule has 0 aliphatic heterocycles. The van der Waals surface area contributed by atoms with Gasteiger partial charge < -0.3 is 9.47 Å². The van der Waals surface area contributed by atoms with Crippen LogP contribution < -0.4 is 4.74 Å². The van der Waals surface area contributed by atoms with Gasteiger partial charge in [0.2, 0.25) is 0 Å². The minimum Gasteiger partial charge on any atom is -0.482 e. The summed E-state index contributed by atoms with van der Waals surface area (Å²) in [6.45, 7) is 2.33. The Morgan fingerprint density at radius 2 is 1.60 bits per heavy atom. The summed E-state index contributed by atoms with van der Waals surface area (Å²) in [6.07, 6.45) is 0. The number of hydrogen-bond donors (Lipinski definition) is 0. The molecule has 0 aliphatic rings. The lowest BCUT2D eigenvalue weighted by atomic mass is 10.0. The third-order valence-corrected chi connectivity index (χ3v) is 2.96. The fourth-order valence-corrected chi connectivity index (χ4v) is 1.80. The number of hydrogen-bond acceptors (Lipinski definition) is 3. The predicted molar refractivity (Wildman–Crippen MR) is 77.8 cm³/mol. The molecule has 104 valence electrons. The average Bonchev–Trinajstić information content (AvgIpc) is 2.52. The summed E-state index contributed by atoms with van der Waals surface area (Å²) in [5.74, 6) is 0.495. The molecule has 0 saturated heterocycles. The molecule has 0 unspecified atom stereocenters. The Labute approximate surface area is 119 Å². The zero-order valence-corrected chi connectivity index (χ0v) is 11.5. The maximum Gasteiger partial charge on any atom is 0.344 e. The van der Waals surface area contributed by atoms with Gasteiger partial charge in [-0.3, -0.25) is 0 Å². The highest BCUT2D eigenvalue weighted by Crippen LogP contribution is 2.14. The first-order valence-electron chi connectivity index (χ1n) is 6.64. The van der Waals surface area contributed by atoms with Crippen molar-refractivity contribution in [1.29, 1.82) is 0 Å². The first-order valence-corrected chi connectivity index (χ1v) is 6.64. The molecule has 0 fully saturated rings. The second-order valence-electron chi connectivity index (χ2n) is 4.60. The molecule has 0 saturated carbocycles. The highest BCUT2D eigenvalue weighted by molar-refractivity contribution is 5.71. The molecule has 0 radical (unpaired) electrons. The summed E-state index contributed by atoms with van der Waals surface area (Å²) in [7, 11) is 0. The summed E-state index contributed by atoms with van der Waals surface area (Å²) < 4.78 is 10.5. The van der Waals surface area contributed by atoms with Crippen molar-refractivity contribution in [2.24, 2.45) is 0 Å². The van der Waals surface area contributed by atoms with E-state index in [1.54, 1.807) is 12.1 Å². The quantitative estimate of drug-likeness (QED) is 0.755. The van der Waals surface area contributed by atoms with Crippen LogP contribution in [0.25, 0.3) is 0 Å². The van der Waals surface area contributed by atoms with Crippen LogP contribution in [0.5, 0.6) is 5.75 Å². The lowest BCUT2D eigenvalue weighted by Crippen LogP contribution is -2.17. The lowest BCUT2D eigenvalue weighted by Gasteiger charge is -2.12. The van der Waals surface area contributed by atoms with Gasteiger partial charge in [-0.2, -0.15) is 0 Å². The van der Waals surface area contributed by atoms with Crippen molar-refractivity contribution >= 4 is 5.97 Å². The van der Waals surface area contributed by atoms with Crippen LogP contribution in [0.1, 0.15) is 18.4 Å². The van der Waals surface area contributed by atoms with E-state index in [4.69, 9.17) is 9.47 Å². The number of ether oxygens (including phenoxy) is 2. The molecule has 2 rings (SSSR count). The number of benzene rings is 2. The van der Waals surface area contributed by atoms with E-state index < -0.39 is 0 Å². The zero-order valence-electron chi connectivity index (χ0n) is 11.5. The molecule has 3 nitrogen and oxygen atoms in total. The van der Waals surface area contributed by atoms with Crippen LogP contribution in [-0.4, -0.2) is 19.2 Å². The van der Waals surface area contributed by atoms with Crippen molar-refractivity contribution in [3.63, 3.8) is 0 Å². The smallest absolute Gasteiger partial charge is 0.344 e. The number of esters is 1. The van der Waals surface area contributed by atoms with Crippen molar-refractivity contribution in [2.45, 2.75) is 12.8 Å². The number of rotatable bonds is 6. The summed E-state index contributed by atoms with van der Waals surface area (Å²) >= 11 is 0. The van der Waals surface area contributed by atoms with Gasteiger partial charge in [-0.15, -0.1) is 0 Å². The molecular formula is C17H18O3. The van der Waals surface area contributed by atoms with Crippen LogP contribution in [0, 0.1) is 0 Å². The fraction of sp³-hybridized carbons (Fsp3) is 0.235. The first kappa shape index (κ1) is 14.1. The molecule has 0 spiro atoms. The predicted octanol–water partition coefficient (Wildman–Crippen LogP) is 3.41. The van der Waals surface area contributed by atoms with E-state index in [-0.39, 0.29) is 18.5 Å². The van der Waals surface area contributed by atoms with Gasteiger partial charge in [0, 0.05) is 5.92 Å². The van der Waals surface area contributed by atoms with E-state index in [1.807, 2.05) is 55.5 Å². The molecule has 3 heteroatoms. The number of carbonyl (C=O) groups is 1. The molecule has 1 atom stereocenters.